The summed E-state index contributed by atoms with van der Waals surface area (Å²) in [6.07, 6.45) is 1.37. The highest BCUT2D eigenvalue weighted by molar-refractivity contribution is 6.30. The van der Waals surface area contributed by atoms with E-state index in [4.69, 9.17) is 16.1 Å². The van der Waals surface area contributed by atoms with Crippen LogP contribution in [0, 0.1) is 5.92 Å². The van der Waals surface area contributed by atoms with E-state index in [9.17, 15) is 9.90 Å². The summed E-state index contributed by atoms with van der Waals surface area (Å²) in [6.45, 7) is 4.23. The largest absolute Gasteiger partial charge is 0.391 e. The summed E-state index contributed by atoms with van der Waals surface area (Å²) < 4.78 is 4.92. The first kappa shape index (κ1) is 16.5. The number of aromatic nitrogens is 1. The molecule has 0 saturated heterocycles. The monoisotopic (exact) mass is 322 g/mol. The average Bonchev–Trinajstić information content (AvgIpc) is 2.94. The van der Waals surface area contributed by atoms with Crippen LogP contribution < -0.4 is 5.32 Å². The Morgan fingerprint density at radius 1 is 1.36 bits per heavy atom. The van der Waals surface area contributed by atoms with Gasteiger partial charge in [0.05, 0.1) is 6.10 Å². The van der Waals surface area contributed by atoms with Crippen molar-refractivity contribution in [3.8, 4) is 11.3 Å². The van der Waals surface area contributed by atoms with E-state index in [0.717, 1.165) is 5.56 Å². The van der Waals surface area contributed by atoms with E-state index in [1.165, 1.54) is 6.26 Å². The summed E-state index contributed by atoms with van der Waals surface area (Å²) in [5.74, 6) is 0.0427. The molecular formula is C16H19ClN2O3. The van der Waals surface area contributed by atoms with E-state index >= 15 is 0 Å². The van der Waals surface area contributed by atoms with Crippen molar-refractivity contribution in [3.63, 3.8) is 0 Å². The zero-order valence-electron chi connectivity index (χ0n) is 12.5. The molecular weight excluding hydrogens is 304 g/mol. The fourth-order valence-electron chi connectivity index (χ4n) is 2.15. The lowest BCUT2D eigenvalue weighted by atomic mass is 10.1. The van der Waals surface area contributed by atoms with Crippen LogP contribution in [0.3, 0.4) is 0 Å². The number of carbonyl (C=O) groups is 1. The Hall–Kier alpha value is -1.85. The standard InChI is InChI=1S/C16H19ClN2O3/c1-10(2)7-13(20)8-18-16(21)14-9-22-19-15(14)11-3-5-12(17)6-4-11/h3-6,9-10,13,20H,7-8H2,1-2H3,(H,18,21). The highest BCUT2D eigenvalue weighted by Crippen LogP contribution is 2.23. The number of aliphatic hydroxyl groups is 1. The summed E-state index contributed by atoms with van der Waals surface area (Å²) in [6, 6.07) is 6.98. The van der Waals surface area contributed by atoms with E-state index in [1.54, 1.807) is 24.3 Å². The van der Waals surface area contributed by atoms with Gasteiger partial charge < -0.3 is 14.9 Å². The van der Waals surface area contributed by atoms with Crippen LogP contribution in [0.1, 0.15) is 30.6 Å². The number of benzene rings is 1. The van der Waals surface area contributed by atoms with Crippen molar-refractivity contribution >= 4 is 17.5 Å². The number of nitrogens with zero attached hydrogens (tertiary/aromatic N) is 1. The molecule has 0 aliphatic carbocycles. The molecule has 0 fully saturated rings. The zero-order valence-corrected chi connectivity index (χ0v) is 13.3. The van der Waals surface area contributed by atoms with E-state index in [0.29, 0.717) is 28.6 Å². The maximum Gasteiger partial charge on any atom is 0.256 e. The molecule has 1 aromatic carbocycles. The van der Waals surface area contributed by atoms with E-state index in [1.807, 2.05) is 13.8 Å². The third-order valence-electron chi connectivity index (χ3n) is 3.17. The van der Waals surface area contributed by atoms with Gasteiger partial charge in [-0.2, -0.15) is 0 Å². The van der Waals surface area contributed by atoms with Gasteiger partial charge >= 0.3 is 0 Å². The van der Waals surface area contributed by atoms with Gasteiger partial charge in [-0.1, -0.05) is 42.7 Å². The van der Waals surface area contributed by atoms with Crippen molar-refractivity contribution in [2.24, 2.45) is 5.92 Å². The molecule has 118 valence electrons. The van der Waals surface area contributed by atoms with Gasteiger partial charge in [0, 0.05) is 17.1 Å². The molecule has 6 heteroatoms. The third kappa shape index (κ3) is 4.32. The summed E-state index contributed by atoms with van der Waals surface area (Å²) >= 11 is 5.85. The molecule has 0 spiro atoms. The molecule has 1 amide bonds. The van der Waals surface area contributed by atoms with Crippen molar-refractivity contribution in [2.75, 3.05) is 6.54 Å². The molecule has 0 bridgehead atoms. The van der Waals surface area contributed by atoms with E-state index in [2.05, 4.69) is 10.5 Å². The number of hydrogen-bond donors (Lipinski definition) is 2. The van der Waals surface area contributed by atoms with Gasteiger partial charge in [-0.15, -0.1) is 0 Å². The molecule has 0 aliphatic heterocycles. The number of hydrogen-bond acceptors (Lipinski definition) is 4. The summed E-state index contributed by atoms with van der Waals surface area (Å²) in [4.78, 5) is 12.2. The molecule has 0 saturated carbocycles. The SMILES string of the molecule is CC(C)CC(O)CNC(=O)c1conc1-c1ccc(Cl)cc1. The number of aliphatic hydroxyl groups excluding tert-OH is 1. The van der Waals surface area contributed by atoms with Crippen LogP contribution in [0.4, 0.5) is 0 Å². The lowest BCUT2D eigenvalue weighted by Gasteiger charge is -2.13. The maximum absolute atomic E-state index is 12.2. The topological polar surface area (TPSA) is 75.4 Å². The minimum absolute atomic E-state index is 0.197. The first-order valence-corrected chi connectivity index (χ1v) is 7.51. The van der Waals surface area contributed by atoms with Crippen LogP contribution in [0.15, 0.2) is 35.1 Å². The summed E-state index contributed by atoms with van der Waals surface area (Å²) in [5.41, 5.74) is 1.53. The van der Waals surface area contributed by atoms with Gasteiger partial charge in [0.15, 0.2) is 0 Å². The van der Waals surface area contributed by atoms with Gasteiger partial charge in [0.25, 0.3) is 5.91 Å². The van der Waals surface area contributed by atoms with Crippen LogP contribution in [0.25, 0.3) is 11.3 Å². The lowest BCUT2D eigenvalue weighted by Crippen LogP contribution is -2.32. The van der Waals surface area contributed by atoms with Gasteiger partial charge in [-0.25, -0.2) is 0 Å². The molecule has 2 aromatic rings. The molecule has 0 aliphatic rings. The van der Waals surface area contributed by atoms with Crippen molar-refractivity contribution in [3.05, 3.63) is 41.1 Å². The smallest absolute Gasteiger partial charge is 0.256 e. The first-order chi connectivity index (χ1) is 10.5. The van der Waals surface area contributed by atoms with E-state index < -0.39 is 6.10 Å². The molecule has 2 rings (SSSR count). The Morgan fingerprint density at radius 3 is 2.68 bits per heavy atom. The number of amides is 1. The molecule has 1 unspecified atom stereocenters. The molecule has 1 heterocycles. The van der Waals surface area contributed by atoms with Crippen LogP contribution in [0.2, 0.25) is 5.02 Å². The number of rotatable bonds is 6. The van der Waals surface area contributed by atoms with Gasteiger partial charge in [-0.3, -0.25) is 4.79 Å². The van der Waals surface area contributed by atoms with Crippen molar-refractivity contribution < 1.29 is 14.4 Å². The highest BCUT2D eigenvalue weighted by atomic mass is 35.5. The van der Waals surface area contributed by atoms with Gasteiger partial charge in [0.2, 0.25) is 0 Å². The Morgan fingerprint density at radius 2 is 2.05 bits per heavy atom. The van der Waals surface area contributed by atoms with E-state index in [-0.39, 0.29) is 12.5 Å². The van der Waals surface area contributed by atoms with Gasteiger partial charge in [0.1, 0.15) is 17.5 Å². The summed E-state index contributed by atoms with van der Waals surface area (Å²) in [7, 11) is 0. The first-order valence-electron chi connectivity index (χ1n) is 7.14. The predicted molar refractivity (Wildman–Crippen MR) is 84.7 cm³/mol. The highest BCUT2D eigenvalue weighted by Gasteiger charge is 2.18. The Labute approximate surface area is 134 Å². The fraction of sp³-hybridized carbons (Fsp3) is 0.375. The quantitative estimate of drug-likeness (QED) is 0.856. The van der Waals surface area contributed by atoms with Crippen LogP contribution in [-0.2, 0) is 0 Å². The Kier molecular flexibility index (Phi) is 5.57. The minimum Gasteiger partial charge on any atom is -0.391 e. The van der Waals surface area contributed by atoms with Crippen LogP contribution in [0.5, 0.6) is 0 Å². The Bertz CT molecular complexity index is 623. The number of halogens is 1. The molecule has 2 N–H and O–H groups in total. The van der Waals surface area contributed by atoms with Crippen molar-refractivity contribution in [2.45, 2.75) is 26.4 Å². The molecule has 5 nitrogen and oxygen atoms in total. The summed E-state index contributed by atoms with van der Waals surface area (Å²) in [5, 5.41) is 17.0. The Balaban J connectivity index is 2.05. The average molecular weight is 323 g/mol. The molecule has 1 aromatic heterocycles. The zero-order chi connectivity index (χ0) is 16.1. The van der Waals surface area contributed by atoms with Crippen molar-refractivity contribution in [1.82, 2.24) is 10.5 Å². The van der Waals surface area contributed by atoms with Crippen LogP contribution in [-0.4, -0.2) is 28.8 Å². The molecule has 1 atom stereocenters. The minimum atomic E-state index is -0.567. The number of carbonyl (C=O) groups excluding carboxylic acids is 1. The number of nitrogens with one attached hydrogen (secondary N) is 1. The third-order valence-corrected chi connectivity index (χ3v) is 3.43. The molecule has 0 radical (unpaired) electrons. The predicted octanol–water partition coefficient (Wildman–Crippen LogP) is 3.13. The molecule has 22 heavy (non-hydrogen) atoms. The second kappa shape index (κ2) is 7.42. The maximum atomic E-state index is 12.2. The fourth-order valence-corrected chi connectivity index (χ4v) is 2.27. The second-order valence-corrected chi connectivity index (χ2v) is 6.01. The second-order valence-electron chi connectivity index (χ2n) is 5.58. The normalized spacial score (nSPS) is 12.4. The van der Waals surface area contributed by atoms with Gasteiger partial charge in [-0.05, 0) is 24.5 Å². The van der Waals surface area contributed by atoms with Crippen LogP contribution >= 0.6 is 11.6 Å². The van der Waals surface area contributed by atoms with Crippen molar-refractivity contribution in [1.29, 1.82) is 0 Å². The lowest BCUT2D eigenvalue weighted by molar-refractivity contribution is 0.0900.